The van der Waals surface area contributed by atoms with Crippen LogP contribution in [-0.2, 0) is 6.54 Å². The lowest BCUT2D eigenvalue weighted by Crippen LogP contribution is -2.23. The van der Waals surface area contributed by atoms with Crippen LogP contribution >= 0.6 is 11.3 Å². The number of hydrogen-bond acceptors (Lipinski definition) is 4. The number of rotatable bonds is 5. The summed E-state index contributed by atoms with van der Waals surface area (Å²) in [5.74, 6) is -0.0763. The van der Waals surface area contributed by atoms with Crippen molar-refractivity contribution in [3.63, 3.8) is 0 Å². The average molecular weight is 337 g/mol. The molecule has 1 aromatic carbocycles. The molecular formula is C19H19N3OS. The number of aromatic nitrogens is 1. The summed E-state index contributed by atoms with van der Waals surface area (Å²) in [4.78, 5) is 18.7. The van der Waals surface area contributed by atoms with Crippen LogP contribution < -0.4 is 10.2 Å². The van der Waals surface area contributed by atoms with E-state index in [4.69, 9.17) is 0 Å². The molecule has 0 atom stereocenters. The van der Waals surface area contributed by atoms with E-state index >= 15 is 0 Å². The van der Waals surface area contributed by atoms with Gasteiger partial charge in [0.2, 0.25) is 0 Å². The van der Waals surface area contributed by atoms with Crippen molar-refractivity contribution in [1.29, 1.82) is 0 Å². The predicted molar refractivity (Wildman–Crippen MR) is 99.5 cm³/mol. The summed E-state index contributed by atoms with van der Waals surface area (Å²) in [6, 6.07) is 13.6. The molecule has 0 aliphatic carbocycles. The number of nitrogens with one attached hydrogen (secondary N) is 1. The van der Waals surface area contributed by atoms with E-state index in [9.17, 15) is 4.79 Å². The van der Waals surface area contributed by atoms with E-state index in [-0.39, 0.29) is 5.91 Å². The third-order valence-electron chi connectivity index (χ3n) is 3.72. The molecule has 0 saturated heterocycles. The number of amides is 1. The Hall–Kier alpha value is -2.66. The van der Waals surface area contributed by atoms with Crippen molar-refractivity contribution < 1.29 is 4.79 Å². The van der Waals surface area contributed by atoms with Gasteiger partial charge in [0, 0.05) is 49.0 Å². The number of nitrogens with zero attached hydrogens (tertiary/aromatic N) is 2. The Morgan fingerprint density at radius 3 is 2.83 bits per heavy atom. The van der Waals surface area contributed by atoms with E-state index in [2.05, 4.69) is 15.7 Å². The first kappa shape index (κ1) is 16.2. The summed E-state index contributed by atoms with van der Waals surface area (Å²) in [7, 11) is 3.92. The Morgan fingerprint density at radius 1 is 1.21 bits per heavy atom. The molecule has 0 aliphatic rings. The van der Waals surface area contributed by atoms with Gasteiger partial charge in [-0.2, -0.15) is 11.3 Å². The van der Waals surface area contributed by atoms with Crippen molar-refractivity contribution in [2.24, 2.45) is 0 Å². The van der Waals surface area contributed by atoms with E-state index in [1.165, 1.54) is 0 Å². The van der Waals surface area contributed by atoms with Crippen molar-refractivity contribution >= 4 is 22.9 Å². The Labute approximate surface area is 145 Å². The van der Waals surface area contributed by atoms with E-state index < -0.39 is 0 Å². The van der Waals surface area contributed by atoms with Gasteiger partial charge in [-0.25, -0.2) is 0 Å². The van der Waals surface area contributed by atoms with Crippen LogP contribution in [0.25, 0.3) is 11.3 Å². The Bertz CT molecular complexity index is 828. The molecule has 4 nitrogen and oxygen atoms in total. The zero-order valence-electron chi connectivity index (χ0n) is 13.7. The van der Waals surface area contributed by atoms with Crippen molar-refractivity contribution in [2.75, 3.05) is 19.0 Å². The largest absolute Gasteiger partial charge is 0.378 e. The van der Waals surface area contributed by atoms with Gasteiger partial charge < -0.3 is 10.2 Å². The van der Waals surface area contributed by atoms with Gasteiger partial charge in [-0.3, -0.25) is 9.78 Å². The SMILES string of the molecule is CN(C)c1cccc(C(=O)NCc2ccnc(-c3ccsc3)c2)c1. The summed E-state index contributed by atoms with van der Waals surface area (Å²) in [6.07, 6.45) is 1.78. The highest BCUT2D eigenvalue weighted by Crippen LogP contribution is 2.20. The van der Waals surface area contributed by atoms with Crippen LogP contribution in [0, 0.1) is 0 Å². The number of hydrogen-bond donors (Lipinski definition) is 1. The Balaban J connectivity index is 1.68. The highest BCUT2D eigenvalue weighted by molar-refractivity contribution is 7.08. The Kier molecular flexibility index (Phi) is 4.91. The number of thiophene rings is 1. The van der Waals surface area contributed by atoms with E-state index in [1.54, 1.807) is 17.5 Å². The summed E-state index contributed by atoms with van der Waals surface area (Å²) in [5.41, 5.74) is 4.73. The minimum Gasteiger partial charge on any atom is -0.378 e. The fourth-order valence-corrected chi connectivity index (χ4v) is 3.01. The minimum atomic E-state index is -0.0763. The van der Waals surface area contributed by atoms with Crippen molar-refractivity contribution in [3.05, 3.63) is 70.5 Å². The second-order valence-electron chi connectivity index (χ2n) is 5.69. The zero-order valence-corrected chi connectivity index (χ0v) is 14.5. The van der Waals surface area contributed by atoms with Gasteiger partial charge in [-0.15, -0.1) is 0 Å². The maximum Gasteiger partial charge on any atom is 0.251 e. The lowest BCUT2D eigenvalue weighted by atomic mass is 10.1. The molecule has 0 fully saturated rings. The number of carbonyl (C=O) groups is 1. The van der Waals surface area contributed by atoms with Gasteiger partial charge >= 0.3 is 0 Å². The van der Waals surface area contributed by atoms with Crippen LogP contribution in [0.15, 0.2) is 59.4 Å². The molecule has 0 aliphatic heterocycles. The topological polar surface area (TPSA) is 45.2 Å². The van der Waals surface area contributed by atoms with Gasteiger partial charge in [-0.05, 0) is 47.3 Å². The molecule has 5 heteroatoms. The van der Waals surface area contributed by atoms with Crippen LogP contribution in [0.5, 0.6) is 0 Å². The number of anilines is 1. The van der Waals surface area contributed by atoms with Crippen LogP contribution in [0.2, 0.25) is 0 Å². The highest BCUT2D eigenvalue weighted by atomic mass is 32.1. The van der Waals surface area contributed by atoms with E-state index in [1.807, 2.05) is 66.8 Å². The fraction of sp³-hybridized carbons (Fsp3) is 0.158. The van der Waals surface area contributed by atoms with Gasteiger partial charge in [0.05, 0.1) is 5.69 Å². The van der Waals surface area contributed by atoms with Crippen LogP contribution in [0.1, 0.15) is 15.9 Å². The fourth-order valence-electron chi connectivity index (χ4n) is 2.36. The van der Waals surface area contributed by atoms with Crippen molar-refractivity contribution in [3.8, 4) is 11.3 Å². The first-order valence-corrected chi connectivity index (χ1v) is 8.61. The zero-order chi connectivity index (χ0) is 16.9. The molecule has 2 heterocycles. The molecule has 0 radical (unpaired) electrons. The molecule has 0 unspecified atom stereocenters. The second-order valence-corrected chi connectivity index (χ2v) is 6.47. The maximum atomic E-state index is 12.4. The van der Waals surface area contributed by atoms with Crippen LogP contribution in [-0.4, -0.2) is 25.0 Å². The van der Waals surface area contributed by atoms with E-state index in [0.29, 0.717) is 12.1 Å². The molecule has 2 aromatic heterocycles. The number of benzene rings is 1. The van der Waals surface area contributed by atoms with Crippen molar-refractivity contribution in [2.45, 2.75) is 6.54 Å². The van der Waals surface area contributed by atoms with Gasteiger partial charge in [0.1, 0.15) is 0 Å². The number of pyridine rings is 1. The van der Waals surface area contributed by atoms with Gasteiger partial charge in [0.15, 0.2) is 0 Å². The van der Waals surface area contributed by atoms with Crippen LogP contribution in [0.3, 0.4) is 0 Å². The molecule has 0 bridgehead atoms. The summed E-state index contributed by atoms with van der Waals surface area (Å²) >= 11 is 1.65. The smallest absolute Gasteiger partial charge is 0.251 e. The normalized spacial score (nSPS) is 10.4. The molecule has 24 heavy (non-hydrogen) atoms. The first-order valence-electron chi connectivity index (χ1n) is 7.66. The van der Waals surface area contributed by atoms with Gasteiger partial charge in [0.25, 0.3) is 5.91 Å². The number of carbonyl (C=O) groups excluding carboxylic acids is 1. The van der Waals surface area contributed by atoms with Crippen molar-refractivity contribution in [1.82, 2.24) is 10.3 Å². The summed E-state index contributed by atoms with van der Waals surface area (Å²) < 4.78 is 0. The minimum absolute atomic E-state index is 0.0763. The predicted octanol–water partition coefficient (Wildman–Crippen LogP) is 3.81. The van der Waals surface area contributed by atoms with Gasteiger partial charge in [-0.1, -0.05) is 6.07 Å². The molecule has 3 aromatic rings. The molecule has 1 amide bonds. The lowest BCUT2D eigenvalue weighted by Gasteiger charge is -2.13. The third-order valence-corrected chi connectivity index (χ3v) is 4.40. The molecule has 3 rings (SSSR count). The highest BCUT2D eigenvalue weighted by Gasteiger charge is 2.08. The molecule has 122 valence electrons. The standard InChI is InChI=1S/C19H19N3OS/c1-22(2)17-5-3-4-15(11-17)19(23)21-12-14-6-8-20-18(10-14)16-7-9-24-13-16/h3-11,13H,12H2,1-2H3,(H,21,23). The molecule has 1 N–H and O–H groups in total. The van der Waals surface area contributed by atoms with E-state index in [0.717, 1.165) is 22.5 Å². The maximum absolute atomic E-state index is 12.4. The third kappa shape index (κ3) is 3.81. The molecule has 0 spiro atoms. The first-order chi connectivity index (χ1) is 11.6. The quantitative estimate of drug-likeness (QED) is 0.770. The van der Waals surface area contributed by atoms with Crippen LogP contribution in [0.4, 0.5) is 5.69 Å². The molecular weight excluding hydrogens is 318 g/mol. The second kappa shape index (κ2) is 7.27. The lowest BCUT2D eigenvalue weighted by molar-refractivity contribution is 0.0951. The summed E-state index contributed by atoms with van der Waals surface area (Å²) in [5, 5.41) is 7.07. The monoisotopic (exact) mass is 337 g/mol. The molecule has 0 saturated carbocycles. The summed E-state index contributed by atoms with van der Waals surface area (Å²) in [6.45, 7) is 0.477. The average Bonchev–Trinajstić information content (AvgIpc) is 3.15. The Morgan fingerprint density at radius 2 is 2.08 bits per heavy atom.